The third kappa shape index (κ3) is 5.49. The van der Waals surface area contributed by atoms with Crippen molar-refractivity contribution in [1.82, 2.24) is 9.55 Å². The highest BCUT2D eigenvalue weighted by molar-refractivity contribution is 7.46. The van der Waals surface area contributed by atoms with Crippen molar-refractivity contribution in [3.8, 4) is 0 Å². The predicted molar refractivity (Wildman–Crippen MR) is 80.5 cm³/mol. The fourth-order valence-corrected chi connectivity index (χ4v) is 2.52. The number of nitrogens with zero attached hydrogens (tertiary/aromatic N) is 1. The number of phosphoric acid groups is 1. The number of rotatable bonds is 9. The van der Waals surface area contributed by atoms with Gasteiger partial charge < -0.3 is 19.6 Å². The van der Waals surface area contributed by atoms with E-state index in [2.05, 4.69) is 4.52 Å². The molecule has 13 heteroatoms. The summed E-state index contributed by atoms with van der Waals surface area (Å²) in [5.74, 6) is -0.597. The van der Waals surface area contributed by atoms with Gasteiger partial charge in [0.05, 0.1) is 12.5 Å². The second-order valence-corrected chi connectivity index (χ2v) is 6.37. The van der Waals surface area contributed by atoms with Gasteiger partial charge in [-0.25, -0.2) is 13.8 Å². The van der Waals surface area contributed by atoms with Crippen molar-refractivity contribution in [3.63, 3.8) is 0 Å². The monoisotopic (exact) mass is 390 g/mol. The molecule has 0 aromatic carbocycles. The lowest BCUT2D eigenvalue weighted by molar-refractivity contribution is -0.181. The van der Waals surface area contributed by atoms with Gasteiger partial charge in [-0.1, -0.05) is 0 Å². The maximum absolute atomic E-state index is 12.9. The van der Waals surface area contributed by atoms with E-state index < -0.39 is 56.2 Å². The third-order valence-electron chi connectivity index (χ3n) is 3.10. The molecule has 0 spiro atoms. The maximum atomic E-state index is 12.9. The van der Waals surface area contributed by atoms with E-state index >= 15 is 0 Å². The molecule has 0 aliphatic carbocycles. The van der Waals surface area contributed by atoms with Crippen molar-refractivity contribution in [1.29, 1.82) is 0 Å². The number of aromatic nitrogens is 2. The lowest BCUT2D eigenvalue weighted by atomic mass is 10.0. The highest BCUT2D eigenvalue weighted by atomic mass is 35.5. The Labute approximate surface area is 140 Å². The summed E-state index contributed by atoms with van der Waals surface area (Å²) in [6.45, 7) is -0.956. The van der Waals surface area contributed by atoms with Gasteiger partial charge in [0.1, 0.15) is 24.6 Å². The van der Waals surface area contributed by atoms with E-state index in [1.165, 1.54) is 6.92 Å². The van der Waals surface area contributed by atoms with Crippen molar-refractivity contribution in [2.75, 3.05) is 19.2 Å². The number of hydrogen-bond acceptors (Lipinski definition) is 6. The predicted octanol–water partition coefficient (Wildman–Crippen LogP) is -0.511. The first-order valence-corrected chi connectivity index (χ1v) is 8.60. The van der Waals surface area contributed by atoms with Gasteiger partial charge in [-0.05, 0) is 6.92 Å². The molecule has 0 saturated heterocycles. The molecular formula is C11H17ClFN2O8P. The number of aromatic amines is 1. The number of phosphoric ester groups is 1. The zero-order valence-electron chi connectivity index (χ0n) is 12.5. The summed E-state index contributed by atoms with van der Waals surface area (Å²) in [5, 5.41) is 9.81. The molecular weight excluding hydrogens is 374 g/mol. The van der Waals surface area contributed by atoms with Crippen molar-refractivity contribution < 1.29 is 33.1 Å². The number of H-pyrrole nitrogens is 1. The summed E-state index contributed by atoms with van der Waals surface area (Å²) in [4.78, 5) is 42.3. The molecule has 10 nitrogen and oxygen atoms in total. The van der Waals surface area contributed by atoms with E-state index in [0.717, 1.165) is 16.8 Å². The number of ether oxygens (including phenoxy) is 1. The molecule has 1 rings (SSSR count). The Morgan fingerprint density at radius 3 is 2.58 bits per heavy atom. The molecule has 4 N–H and O–H groups in total. The molecule has 24 heavy (non-hydrogen) atoms. The highest BCUT2D eigenvalue weighted by Gasteiger charge is 2.43. The second kappa shape index (κ2) is 8.34. The molecule has 1 heterocycles. The average molecular weight is 391 g/mol. The summed E-state index contributed by atoms with van der Waals surface area (Å²) >= 11 is 5.69. The standard InChI is InChI=1S/C11H17ClFN2O8P/c1-7(15-3-2-9(17)14-10(15)18)23-11(5-12,8(16)4-13)6-22-24(19,20)21/h2-3,7-8,16H,4-6H2,1H3,(H,14,17,18)(H2,19,20,21)/t7-,8+,11?/m1/s1. The van der Waals surface area contributed by atoms with Crippen molar-refractivity contribution >= 4 is 19.4 Å². The molecule has 0 radical (unpaired) electrons. The first kappa shape index (κ1) is 21.0. The summed E-state index contributed by atoms with van der Waals surface area (Å²) in [5.41, 5.74) is -3.54. The molecule has 3 atom stereocenters. The second-order valence-electron chi connectivity index (χ2n) is 4.87. The number of aliphatic hydroxyl groups excluding tert-OH is 1. The van der Waals surface area contributed by atoms with E-state index in [-0.39, 0.29) is 0 Å². The van der Waals surface area contributed by atoms with Gasteiger partial charge in [-0.15, -0.1) is 11.6 Å². The number of aliphatic hydroxyl groups is 1. The molecule has 1 aromatic heterocycles. The minimum Gasteiger partial charge on any atom is -0.387 e. The van der Waals surface area contributed by atoms with Crippen LogP contribution in [0.5, 0.6) is 0 Å². The van der Waals surface area contributed by atoms with Gasteiger partial charge in [-0.3, -0.25) is 18.9 Å². The van der Waals surface area contributed by atoms with Crippen LogP contribution in [0, 0.1) is 0 Å². The molecule has 138 valence electrons. The Morgan fingerprint density at radius 2 is 2.12 bits per heavy atom. The summed E-state index contributed by atoms with van der Waals surface area (Å²) in [6.07, 6.45) is -1.96. The SMILES string of the molecule is C[C@@H](OC(CCl)(COP(=O)(O)O)[C@@H](O)CF)n1ccc(=O)[nH]c1=O. The van der Waals surface area contributed by atoms with Crippen molar-refractivity contribution in [2.24, 2.45) is 0 Å². The van der Waals surface area contributed by atoms with E-state index in [9.17, 15) is 23.7 Å². The van der Waals surface area contributed by atoms with Crippen molar-refractivity contribution in [3.05, 3.63) is 33.1 Å². The van der Waals surface area contributed by atoms with E-state index in [1.54, 1.807) is 0 Å². The first-order chi connectivity index (χ1) is 11.0. The van der Waals surface area contributed by atoms with Crippen LogP contribution < -0.4 is 11.2 Å². The number of nitrogens with one attached hydrogen (secondary N) is 1. The van der Waals surface area contributed by atoms with Crippen LogP contribution in [0.3, 0.4) is 0 Å². The van der Waals surface area contributed by atoms with Crippen LogP contribution in [-0.2, 0) is 13.8 Å². The fraction of sp³-hybridized carbons (Fsp3) is 0.636. The molecule has 1 unspecified atom stereocenters. The zero-order chi connectivity index (χ0) is 18.5. The third-order valence-corrected chi connectivity index (χ3v) is 4.02. The minimum absolute atomic E-state index is 0.597. The molecule has 0 bridgehead atoms. The molecule has 1 aromatic rings. The fourth-order valence-electron chi connectivity index (χ4n) is 1.81. The van der Waals surface area contributed by atoms with Gasteiger partial charge in [-0.2, -0.15) is 0 Å². The first-order valence-electron chi connectivity index (χ1n) is 6.54. The van der Waals surface area contributed by atoms with Crippen LogP contribution in [0.4, 0.5) is 4.39 Å². The molecule has 0 aliphatic heterocycles. The summed E-state index contributed by atoms with van der Waals surface area (Å²) < 4.78 is 34.4. The lowest BCUT2D eigenvalue weighted by Gasteiger charge is -2.37. The van der Waals surface area contributed by atoms with Crippen LogP contribution >= 0.6 is 19.4 Å². The Hall–Kier alpha value is -1.07. The zero-order valence-corrected chi connectivity index (χ0v) is 14.1. The Bertz CT molecular complexity index is 706. The van der Waals surface area contributed by atoms with Crippen molar-refractivity contribution in [2.45, 2.75) is 24.9 Å². The Kier molecular flexibility index (Phi) is 7.29. The van der Waals surface area contributed by atoms with E-state index in [1.807, 2.05) is 4.98 Å². The van der Waals surface area contributed by atoms with Crippen LogP contribution in [0.1, 0.15) is 13.2 Å². The molecule has 0 amide bonds. The summed E-state index contributed by atoms with van der Waals surface area (Å²) in [7, 11) is -4.95. The van der Waals surface area contributed by atoms with Crippen LogP contribution in [0.2, 0.25) is 0 Å². The van der Waals surface area contributed by atoms with Crippen LogP contribution in [0.25, 0.3) is 0 Å². The van der Waals surface area contributed by atoms with Gasteiger partial charge in [0.2, 0.25) is 0 Å². The minimum atomic E-state index is -4.95. The molecule has 0 fully saturated rings. The normalized spacial score (nSPS) is 17.2. The summed E-state index contributed by atoms with van der Waals surface area (Å²) in [6, 6.07) is 1.03. The highest BCUT2D eigenvalue weighted by Crippen LogP contribution is 2.38. The topological polar surface area (TPSA) is 151 Å². The number of hydrogen-bond donors (Lipinski definition) is 4. The lowest BCUT2D eigenvalue weighted by Crippen LogP contribution is -2.53. The van der Waals surface area contributed by atoms with Crippen LogP contribution in [-0.4, -0.2) is 55.3 Å². The largest absolute Gasteiger partial charge is 0.469 e. The molecule has 0 aliphatic rings. The Morgan fingerprint density at radius 1 is 1.50 bits per heavy atom. The molecule has 0 saturated carbocycles. The van der Waals surface area contributed by atoms with E-state index in [4.69, 9.17) is 26.1 Å². The average Bonchev–Trinajstić information content (AvgIpc) is 2.49. The van der Waals surface area contributed by atoms with Gasteiger partial charge >= 0.3 is 13.5 Å². The van der Waals surface area contributed by atoms with Gasteiger partial charge in [0.15, 0.2) is 0 Å². The van der Waals surface area contributed by atoms with E-state index in [0.29, 0.717) is 0 Å². The smallest absolute Gasteiger partial charge is 0.387 e. The number of alkyl halides is 2. The van der Waals surface area contributed by atoms with Gasteiger partial charge in [0, 0.05) is 12.3 Å². The van der Waals surface area contributed by atoms with Gasteiger partial charge in [0.25, 0.3) is 5.56 Å². The number of halogens is 2. The van der Waals surface area contributed by atoms with Crippen LogP contribution in [0.15, 0.2) is 21.9 Å². The quantitative estimate of drug-likeness (QED) is 0.325. The Balaban J connectivity index is 3.12. The maximum Gasteiger partial charge on any atom is 0.469 e.